The van der Waals surface area contributed by atoms with E-state index in [9.17, 15) is 5.11 Å². The minimum atomic E-state index is 0.153. The maximum atomic E-state index is 9.41. The molecule has 0 aliphatic heterocycles. The molecule has 88 valence electrons. The Kier molecular flexibility index (Phi) is 2.52. The van der Waals surface area contributed by atoms with Gasteiger partial charge >= 0.3 is 0 Å². The van der Waals surface area contributed by atoms with Crippen LogP contribution in [0.1, 0.15) is 30.9 Å². The molecule has 0 aromatic heterocycles. The number of hydrogen-bond donors (Lipinski definition) is 2. The molecule has 0 amide bonds. The van der Waals surface area contributed by atoms with Crippen molar-refractivity contribution in [3.05, 3.63) is 42.0 Å². The molecule has 1 saturated carbocycles. The Hall–Kier alpha value is -1.54. The molecule has 2 heteroatoms. The van der Waals surface area contributed by atoms with Crippen LogP contribution in [0.3, 0.4) is 0 Å². The summed E-state index contributed by atoms with van der Waals surface area (Å²) in [6.45, 7) is 0. The maximum absolute atomic E-state index is 9.41. The largest absolute Gasteiger partial charge is 0.508 e. The van der Waals surface area contributed by atoms with Crippen LogP contribution in [-0.4, -0.2) is 5.11 Å². The van der Waals surface area contributed by atoms with Gasteiger partial charge in [0.25, 0.3) is 0 Å². The first-order chi connectivity index (χ1) is 8.22. The number of aromatic hydroxyl groups is 1. The molecule has 0 radical (unpaired) electrons. The molecule has 2 aromatic carbocycles. The SMILES string of the molecule is N[C@H](CC1CC1)c1ccc2cc(O)ccc2c1. The van der Waals surface area contributed by atoms with Crippen LogP contribution in [0.25, 0.3) is 10.8 Å². The van der Waals surface area contributed by atoms with Crippen LogP contribution in [-0.2, 0) is 0 Å². The minimum Gasteiger partial charge on any atom is -0.508 e. The molecule has 0 spiro atoms. The average Bonchev–Trinajstić information content (AvgIpc) is 3.12. The van der Waals surface area contributed by atoms with Gasteiger partial charge in [0.2, 0.25) is 0 Å². The quantitative estimate of drug-likeness (QED) is 0.844. The van der Waals surface area contributed by atoms with E-state index in [0.29, 0.717) is 5.75 Å². The molecule has 1 atom stereocenters. The van der Waals surface area contributed by atoms with Crippen LogP contribution in [0, 0.1) is 5.92 Å². The van der Waals surface area contributed by atoms with Crippen LogP contribution in [0.2, 0.25) is 0 Å². The van der Waals surface area contributed by atoms with E-state index >= 15 is 0 Å². The predicted molar refractivity (Wildman–Crippen MR) is 69.9 cm³/mol. The molecular formula is C15H17NO. The molecule has 1 aliphatic rings. The van der Waals surface area contributed by atoms with Gasteiger partial charge in [-0.15, -0.1) is 0 Å². The zero-order valence-corrected chi connectivity index (χ0v) is 9.76. The number of rotatable bonds is 3. The number of fused-ring (bicyclic) bond motifs is 1. The molecule has 1 fully saturated rings. The van der Waals surface area contributed by atoms with E-state index in [4.69, 9.17) is 5.73 Å². The maximum Gasteiger partial charge on any atom is 0.116 e. The van der Waals surface area contributed by atoms with E-state index in [-0.39, 0.29) is 6.04 Å². The third-order valence-electron chi connectivity index (χ3n) is 3.56. The topological polar surface area (TPSA) is 46.2 Å². The lowest BCUT2D eigenvalue weighted by Gasteiger charge is -2.12. The Morgan fingerprint density at radius 2 is 1.82 bits per heavy atom. The summed E-state index contributed by atoms with van der Waals surface area (Å²) in [6, 6.07) is 11.9. The van der Waals surface area contributed by atoms with Crippen LogP contribution < -0.4 is 5.73 Å². The molecule has 2 nitrogen and oxygen atoms in total. The normalized spacial score (nSPS) is 17.2. The van der Waals surface area contributed by atoms with Crippen molar-refractivity contribution >= 4 is 10.8 Å². The first-order valence-corrected chi connectivity index (χ1v) is 6.20. The van der Waals surface area contributed by atoms with E-state index in [1.807, 2.05) is 12.1 Å². The summed E-state index contributed by atoms with van der Waals surface area (Å²) in [5.41, 5.74) is 7.41. The van der Waals surface area contributed by atoms with Crippen molar-refractivity contribution in [1.82, 2.24) is 0 Å². The van der Waals surface area contributed by atoms with Gasteiger partial charge in [0.05, 0.1) is 0 Å². The van der Waals surface area contributed by atoms with Gasteiger partial charge in [-0.05, 0) is 46.9 Å². The summed E-state index contributed by atoms with van der Waals surface area (Å²) in [5.74, 6) is 1.16. The Bertz CT molecular complexity index is 546. The van der Waals surface area contributed by atoms with Gasteiger partial charge < -0.3 is 10.8 Å². The molecule has 2 aromatic rings. The number of phenols is 1. The molecule has 3 rings (SSSR count). The summed E-state index contributed by atoms with van der Waals surface area (Å²) in [6.07, 6.45) is 3.79. The first kappa shape index (κ1) is 10.6. The van der Waals surface area contributed by atoms with Gasteiger partial charge in [-0.25, -0.2) is 0 Å². The minimum absolute atomic E-state index is 0.153. The lowest BCUT2D eigenvalue weighted by molar-refractivity contribution is 0.476. The van der Waals surface area contributed by atoms with Crippen LogP contribution in [0.4, 0.5) is 0 Å². The monoisotopic (exact) mass is 227 g/mol. The highest BCUT2D eigenvalue weighted by molar-refractivity contribution is 5.84. The van der Waals surface area contributed by atoms with Gasteiger partial charge in [-0.3, -0.25) is 0 Å². The number of benzene rings is 2. The number of hydrogen-bond acceptors (Lipinski definition) is 2. The molecule has 0 bridgehead atoms. The van der Waals surface area contributed by atoms with Gasteiger partial charge in [-0.1, -0.05) is 31.0 Å². The van der Waals surface area contributed by atoms with Crippen LogP contribution >= 0.6 is 0 Å². The van der Waals surface area contributed by atoms with Crippen LogP contribution in [0.15, 0.2) is 36.4 Å². The predicted octanol–water partition coefficient (Wildman–Crippen LogP) is 3.35. The van der Waals surface area contributed by atoms with Crippen LogP contribution in [0.5, 0.6) is 5.75 Å². The first-order valence-electron chi connectivity index (χ1n) is 6.20. The second-order valence-electron chi connectivity index (χ2n) is 5.08. The molecule has 3 N–H and O–H groups in total. The Morgan fingerprint density at radius 3 is 2.59 bits per heavy atom. The van der Waals surface area contributed by atoms with E-state index in [0.717, 1.165) is 23.1 Å². The third kappa shape index (κ3) is 2.27. The zero-order chi connectivity index (χ0) is 11.8. The summed E-state index contributed by atoms with van der Waals surface area (Å²) >= 11 is 0. The van der Waals surface area contributed by atoms with Gasteiger partial charge in [0, 0.05) is 6.04 Å². The molecule has 1 aliphatic carbocycles. The Balaban J connectivity index is 1.92. The fraction of sp³-hybridized carbons (Fsp3) is 0.333. The Morgan fingerprint density at radius 1 is 1.12 bits per heavy atom. The van der Waals surface area contributed by atoms with E-state index in [1.54, 1.807) is 12.1 Å². The molecule has 17 heavy (non-hydrogen) atoms. The van der Waals surface area contributed by atoms with Crippen molar-refractivity contribution in [2.45, 2.75) is 25.3 Å². The molecule has 0 heterocycles. The van der Waals surface area contributed by atoms with Crippen molar-refractivity contribution in [2.75, 3.05) is 0 Å². The lowest BCUT2D eigenvalue weighted by Crippen LogP contribution is -2.10. The second kappa shape index (κ2) is 4.04. The summed E-state index contributed by atoms with van der Waals surface area (Å²) < 4.78 is 0. The van der Waals surface area contributed by atoms with E-state index in [1.165, 1.54) is 18.4 Å². The van der Waals surface area contributed by atoms with Crippen molar-refractivity contribution in [3.63, 3.8) is 0 Å². The van der Waals surface area contributed by atoms with E-state index < -0.39 is 0 Å². The third-order valence-corrected chi connectivity index (χ3v) is 3.56. The zero-order valence-electron chi connectivity index (χ0n) is 9.76. The summed E-state index contributed by atoms with van der Waals surface area (Å²) in [5, 5.41) is 11.6. The highest BCUT2D eigenvalue weighted by Gasteiger charge is 2.24. The van der Waals surface area contributed by atoms with Crippen molar-refractivity contribution in [2.24, 2.45) is 11.7 Å². The second-order valence-corrected chi connectivity index (χ2v) is 5.08. The van der Waals surface area contributed by atoms with Crippen molar-refractivity contribution < 1.29 is 5.11 Å². The highest BCUT2D eigenvalue weighted by Crippen LogP contribution is 2.37. The molecule has 0 saturated heterocycles. The fourth-order valence-corrected chi connectivity index (χ4v) is 2.33. The number of nitrogens with two attached hydrogens (primary N) is 1. The number of phenolic OH excluding ortho intramolecular Hbond substituents is 1. The molecule has 0 unspecified atom stereocenters. The van der Waals surface area contributed by atoms with Gasteiger partial charge in [0.1, 0.15) is 5.75 Å². The van der Waals surface area contributed by atoms with E-state index in [2.05, 4.69) is 12.1 Å². The van der Waals surface area contributed by atoms with Crippen molar-refractivity contribution in [3.8, 4) is 5.75 Å². The van der Waals surface area contributed by atoms with Crippen molar-refractivity contribution in [1.29, 1.82) is 0 Å². The smallest absolute Gasteiger partial charge is 0.116 e. The van der Waals surface area contributed by atoms with Gasteiger partial charge in [0.15, 0.2) is 0 Å². The molecular weight excluding hydrogens is 210 g/mol. The fourth-order valence-electron chi connectivity index (χ4n) is 2.33. The average molecular weight is 227 g/mol. The lowest BCUT2D eigenvalue weighted by atomic mass is 9.99. The standard InChI is InChI=1S/C15H17NO/c16-15(7-10-1-2-10)13-4-3-12-9-14(17)6-5-11(12)8-13/h3-6,8-10,15,17H,1-2,7,16H2/t15-/m1/s1. The van der Waals surface area contributed by atoms with Gasteiger partial charge in [-0.2, -0.15) is 0 Å². The summed E-state index contributed by atoms with van der Waals surface area (Å²) in [4.78, 5) is 0. The highest BCUT2D eigenvalue weighted by atomic mass is 16.3. The summed E-state index contributed by atoms with van der Waals surface area (Å²) in [7, 11) is 0. The Labute approximate surface area is 101 Å².